The fourth-order valence-electron chi connectivity index (χ4n) is 0.855. The van der Waals surface area contributed by atoms with Crippen LogP contribution in [0.4, 0.5) is 35.1 Å². The van der Waals surface area contributed by atoms with Crippen molar-refractivity contribution < 1.29 is 39.6 Å². The van der Waals surface area contributed by atoms with E-state index in [4.69, 9.17) is 0 Å². The molecule has 0 aliphatic carbocycles. The molecule has 1 aromatic rings. The molecule has 2 N–H and O–H groups in total. The van der Waals surface area contributed by atoms with E-state index in [9.17, 15) is 35.1 Å². The van der Waals surface area contributed by atoms with Crippen LogP contribution in [0.25, 0.3) is 0 Å². The molecule has 15 heteroatoms. The van der Waals surface area contributed by atoms with Crippen LogP contribution in [0.5, 0.6) is 0 Å². The van der Waals surface area contributed by atoms with E-state index >= 15 is 0 Å². The highest BCUT2D eigenvalue weighted by molar-refractivity contribution is 7.50. The summed E-state index contributed by atoms with van der Waals surface area (Å²) in [6, 6.07) is 0. The van der Waals surface area contributed by atoms with Crippen molar-refractivity contribution >= 4 is 25.1 Å². The Labute approximate surface area is 110 Å². The van der Waals surface area contributed by atoms with E-state index in [0.717, 1.165) is 0 Å². The molecule has 0 aromatic carbocycles. The Kier molecular flexibility index (Phi) is 5.52. The third-order valence-corrected chi connectivity index (χ3v) is 5.34. The highest BCUT2D eigenvalue weighted by Crippen LogP contribution is 2.48. The summed E-state index contributed by atoms with van der Waals surface area (Å²) in [7, 11) is -1.99. The lowest BCUT2D eigenvalue weighted by atomic mass is 10.1. The molecular formula is C5H6F8N3OP3. The van der Waals surface area contributed by atoms with E-state index in [1.165, 1.54) is 0 Å². The molecule has 2 unspecified atom stereocenters. The largest absolute Gasteiger partial charge is 0.380 e. The summed E-state index contributed by atoms with van der Waals surface area (Å²) in [5.74, 6) is -17.9. The molecule has 118 valence electrons. The van der Waals surface area contributed by atoms with Crippen LogP contribution >= 0.6 is 25.1 Å². The Morgan fingerprint density at radius 2 is 1.80 bits per heavy atom. The van der Waals surface area contributed by atoms with Crippen LogP contribution < -0.4 is 4.52 Å². The Morgan fingerprint density at radius 1 is 1.20 bits per heavy atom. The lowest BCUT2D eigenvalue weighted by Gasteiger charge is -2.31. The minimum Gasteiger partial charge on any atom is -0.302 e. The van der Waals surface area contributed by atoms with Crippen LogP contribution in [-0.2, 0) is 0 Å². The summed E-state index contributed by atoms with van der Waals surface area (Å²) in [5, 5.41) is 0. The van der Waals surface area contributed by atoms with Crippen molar-refractivity contribution in [1.29, 1.82) is 0 Å². The average molecular weight is 369 g/mol. The van der Waals surface area contributed by atoms with Crippen molar-refractivity contribution in [3.63, 3.8) is 0 Å². The summed E-state index contributed by atoms with van der Waals surface area (Å²) in [5.41, 5.74) is 0. The number of H-pyrrole nitrogens is 2. The first-order chi connectivity index (χ1) is 9.02. The second-order valence-corrected chi connectivity index (χ2v) is 7.05. The third kappa shape index (κ3) is 3.47. The van der Waals surface area contributed by atoms with Gasteiger partial charge in [-0.2, -0.15) is 30.9 Å². The molecule has 4 nitrogen and oxygen atoms in total. The smallest absolute Gasteiger partial charge is 0.302 e. The average Bonchev–Trinajstić information content (AvgIpc) is 2.37. The van der Waals surface area contributed by atoms with Gasteiger partial charge in [0.2, 0.25) is 8.08 Å². The molecule has 0 aliphatic rings. The van der Waals surface area contributed by atoms with Crippen LogP contribution in [0.1, 0.15) is 0 Å². The van der Waals surface area contributed by atoms with Crippen LogP contribution in [0.3, 0.4) is 0 Å². The van der Waals surface area contributed by atoms with Crippen molar-refractivity contribution in [1.82, 2.24) is 13.5 Å². The van der Waals surface area contributed by atoms with Crippen LogP contribution in [0.2, 0.25) is 0 Å². The van der Waals surface area contributed by atoms with E-state index in [1.54, 1.807) is 0 Å². The molecule has 20 heavy (non-hydrogen) atoms. The van der Waals surface area contributed by atoms with Gasteiger partial charge in [0, 0.05) is 8.51 Å². The van der Waals surface area contributed by atoms with Crippen LogP contribution in [0.15, 0.2) is 0 Å². The van der Waals surface area contributed by atoms with Gasteiger partial charge in [-0.1, -0.05) is 0 Å². The molecular weight excluding hydrogens is 363 g/mol. The van der Waals surface area contributed by atoms with Crippen molar-refractivity contribution in [3.8, 4) is 0 Å². The van der Waals surface area contributed by atoms with E-state index in [0.29, 0.717) is 0 Å². The predicted octanol–water partition coefficient (Wildman–Crippen LogP) is 4.06. The summed E-state index contributed by atoms with van der Waals surface area (Å²) < 4.78 is 113. The third-order valence-electron chi connectivity index (χ3n) is 1.90. The monoisotopic (exact) mass is 369 g/mol. The fraction of sp³-hybridized carbons (Fsp3) is 1.00. The number of hydrogen-bond acceptors (Lipinski definition) is 2. The van der Waals surface area contributed by atoms with Gasteiger partial charge in [0.15, 0.2) is 0 Å². The van der Waals surface area contributed by atoms with Gasteiger partial charge in [-0.05, 0) is 0 Å². The van der Waals surface area contributed by atoms with Gasteiger partial charge in [-0.15, -0.1) is 0 Å². The number of halogens is 8. The Morgan fingerprint density at radius 3 is 2.25 bits per heavy atom. The van der Waals surface area contributed by atoms with Crippen molar-refractivity contribution in [3.05, 3.63) is 0 Å². The molecule has 1 aromatic heterocycles. The maximum absolute atomic E-state index is 13.0. The summed E-state index contributed by atoms with van der Waals surface area (Å²) in [6.45, 7) is -2.16. The van der Waals surface area contributed by atoms with Crippen LogP contribution in [-0.4, -0.2) is 44.3 Å². The van der Waals surface area contributed by atoms with E-state index in [2.05, 4.69) is 18.1 Å². The molecule has 1 rings (SSSR count). The van der Waals surface area contributed by atoms with Gasteiger partial charge in [-0.3, -0.25) is 9.03 Å². The second kappa shape index (κ2) is 6.22. The minimum atomic E-state index is -6.25. The SMILES string of the molecule is FC(F)C(F)(F)C(F)(F)C(F)(F)COp1np[nH][pH][nH]1. The molecule has 2 atom stereocenters. The van der Waals surface area contributed by atoms with Gasteiger partial charge in [-0.25, -0.2) is 8.78 Å². The molecule has 0 saturated heterocycles. The molecule has 0 amide bonds. The molecule has 1 heterocycles. The summed E-state index contributed by atoms with van der Waals surface area (Å²) >= 11 is 0. The molecule has 0 bridgehead atoms. The van der Waals surface area contributed by atoms with Gasteiger partial charge < -0.3 is 4.51 Å². The lowest BCUT2D eigenvalue weighted by Crippen LogP contribution is -2.59. The van der Waals surface area contributed by atoms with E-state index in [-0.39, 0.29) is 17.0 Å². The number of hydrogen-bond donors (Lipinski definition) is 2. The molecule has 0 fully saturated rings. The first-order valence-electron chi connectivity index (χ1n) is 4.53. The first-order valence-corrected chi connectivity index (χ1v) is 7.59. The van der Waals surface area contributed by atoms with Crippen molar-refractivity contribution in [2.45, 2.75) is 24.2 Å². The zero-order valence-electron chi connectivity index (χ0n) is 9.06. The molecule has 0 saturated carbocycles. The second-order valence-electron chi connectivity index (χ2n) is 3.29. The molecule has 0 aliphatic heterocycles. The summed E-state index contributed by atoms with van der Waals surface area (Å²) in [6.07, 6.45) is -4.93. The number of alkyl halides is 8. The van der Waals surface area contributed by atoms with E-state index in [1.807, 2.05) is 0 Å². The maximum atomic E-state index is 13.0. The predicted molar refractivity (Wildman–Crippen MR) is 57.6 cm³/mol. The van der Waals surface area contributed by atoms with Crippen LogP contribution in [0, 0.1) is 0 Å². The number of aromatic amines is 2. The molecule has 0 spiro atoms. The highest BCUT2D eigenvalue weighted by atomic mass is 31.2. The van der Waals surface area contributed by atoms with Gasteiger partial charge in [0.1, 0.15) is 15.1 Å². The standard InChI is InChI=1S/C5H6F8N3OP3/c6-2(7)4(10,11)5(12,13)3(8,9)1-17-20-15-18-14-19-16-20/h2,15,18H,1H2,(H,14,16). The summed E-state index contributed by atoms with van der Waals surface area (Å²) in [4.78, 5) is 0. The normalized spacial score (nSPS) is 15.6. The lowest BCUT2D eigenvalue weighted by molar-refractivity contribution is -0.341. The topological polar surface area (TPSA) is 53.7 Å². The molecule has 0 radical (unpaired) electrons. The van der Waals surface area contributed by atoms with Gasteiger partial charge in [0.05, 0.1) is 0 Å². The van der Waals surface area contributed by atoms with E-state index < -0.39 is 38.9 Å². The quantitative estimate of drug-likeness (QED) is 0.744. The van der Waals surface area contributed by atoms with Gasteiger partial charge >= 0.3 is 24.2 Å². The Hall–Kier alpha value is -0.300. The van der Waals surface area contributed by atoms with Crippen molar-refractivity contribution in [2.24, 2.45) is 0 Å². The zero-order valence-corrected chi connectivity index (χ0v) is 11.8. The fourth-order valence-corrected chi connectivity index (χ4v) is 4.32. The number of nitrogens with zero attached hydrogens (tertiary/aromatic N) is 1. The first kappa shape index (κ1) is 17.8. The van der Waals surface area contributed by atoms with Gasteiger partial charge in [0.25, 0.3) is 0 Å². The Balaban J connectivity index is 2.87. The van der Waals surface area contributed by atoms with Crippen molar-refractivity contribution in [2.75, 3.05) is 6.61 Å². The highest BCUT2D eigenvalue weighted by Gasteiger charge is 2.75. The Bertz CT molecular complexity index is 448. The number of nitrogens with one attached hydrogen (secondary N) is 2. The minimum absolute atomic E-state index is 0.156. The number of aromatic nitrogens is 3. The number of rotatable bonds is 6. The maximum Gasteiger partial charge on any atom is 0.380 e. The zero-order chi connectivity index (χ0) is 15.6.